The van der Waals surface area contributed by atoms with Gasteiger partial charge in [-0.05, 0) is 51.2 Å². The Morgan fingerprint density at radius 2 is 1.91 bits per heavy atom. The zero-order valence-electron chi connectivity index (χ0n) is 13.7. The van der Waals surface area contributed by atoms with Gasteiger partial charge in [-0.3, -0.25) is 0 Å². The molecule has 0 radical (unpaired) electrons. The molecule has 1 aromatic carbocycles. The van der Waals surface area contributed by atoms with Crippen LogP contribution in [0.25, 0.3) is 0 Å². The van der Waals surface area contributed by atoms with Crippen molar-refractivity contribution in [2.45, 2.75) is 26.4 Å². The van der Waals surface area contributed by atoms with Crippen molar-refractivity contribution in [3.05, 3.63) is 23.2 Å². The van der Waals surface area contributed by atoms with Gasteiger partial charge in [0.05, 0.1) is 12.8 Å². The summed E-state index contributed by atoms with van der Waals surface area (Å²) in [6.45, 7) is 6.25. The van der Waals surface area contributed by atoms with Crippen molar-refractivity contribution in [2.24, 2.45) is 0 Å². The van der Waals surface area contributed by atoms with Crippen LogP contribution in [-0.4, -0.2) is 37.0 Å². The number of ether oxygens (including phenoxy) is 2. The van der Waals surface area contributed by atoms with E-state index < -0.39 is 11.7 Å². The van der Waals surface area contributed by atoms with Crippen LogP contribution in [0.5, 0.6) is 5.75 Å². The number of hydrogen-bond donors (Lipinski definition) is 3. The molecule has 0 unspecified atom stereocenters. The van der Waals surface area contributed by atoms with Gasteiger partial charge in [-0.1, -0.05) is 11.6 Å². The highest BCUT2D eigenvalue weighted by atomic mass is 35.5. The molecule has 0 aromatic heterocycles. The van der Waals surface area contributed by atoms with E-state index in [2.05, 4.69) is 16.0 Å². The fourth-order valence-electron chi connectivity index (χ4n) is 1.60. The second-order valence-corrected chi connectivity index (χ2v) is 6.50. The van der Waals surface area contributed by atoms with Crippen molar-refractivity contribution < 1.29 is 14.3 Å². The van der Waals surface area contributed by atoms with E-state index in [0.29, 0.717) is 34.7 Å². The summed E-state index contributed by atoms with van der Waals surface area (Å²) in [4.78, 5) is 11.5. The lowest BCUT2D eigenvalue weighted by molar-refractivity contribution is 0.0529. The number of halogens is 1. The van der Waals surface area contributed by atoms with E-state index in [0.717, 1.165) is 0 Å². The molecule has 0 saturated heterocycles. The summed E-state index contributed by atoms with van der Waals surface area (Å²) < 4.78 is 10.3. The molecule has 0 fully saturated rings. The summed E-state index contributed by atoms with van der Waals surface area (Å²) in [7, 11) is 1.57. The maximum Gasteiger partial charge on any atom is 0.407 e. The van der Waals surface area contributed by atoms with E-state index in [1.165, 1.54) is 0 Å². The number of hydrogen-bond acceptors (Lipinski definition) is 4. The largest absolute Gasteiger partial charge is 0.495 e. The lowest BCUT2D eigenvalue weighted by Crippen LogP contribution is -2.39. The molecule has 23 heavy (non-hydrogen) atoms. The van der Waals surface area contributed by atoms with Gasteiger partial charge in [-0.2, -0.15) is 0 Å². The quantitative estimate of drug-likeness (QED) is 0.554. The van der Waals surface area contributed by atoms with E-state index >= 15 is 0 Å². The van der Waals surface area contributed by atoms with E-state index in [1.54, 1.807) is 25.3 Å². The number of carbonyl (C=O) groups excluding carboxylic acids is 1. The van der Waals surface area contributed by atoms with Gasteiger partial charge in [0.1, 0.15) is 11.4 Å². The molecule has 6 nitrogen and oxygen atoms in total. The Bertz CT molecular complexity index is 561. The van der Waals surface area contributed by atoms with E-state index in [9.17, 15) is 4.79 Å². The Labute approximate surface area is 146 Å². The molecule has 1 aromatic rings. The Morgan fingerprint density at radius 1 is 1.26 bits per heavy atom. The van der Waals surface area contributed by atoms with Gasteiger partial charge < -0.3 is 25.4 Å². The third-order valence-electron chi connectivity index (χ3n) is 2.49. The number of alkyl carbamates (subject to hydrolysis) is 1. The van der Waals surface area contributed by atoms with Gasteiger partial charge in [0.2, 0.25) is 0 Å². The van der Waals surface area contributed by atoms with Crippen molar-refractivity contribution in [3.63, 3.8) is 0 Å². The van der Waals surface area contributed by atoms with Crippen LogP contribution in [0.2, 0.25) is 5.02 Å². The van der Waals surface area contributed by atoms with Crippen LogP contribution in [0.1, 0.15) is 20.8 Å². The van der Waals surface area contributed by atoms with Crippen LogP contribution in [0, 0.1) is 0 Å². The van der Waals surface area contributed by atoms with Gasteiger partial charge in [-0.15, -0.1) is 0 Å². The van der Waals surface area contributed by atoms with Crippen LogP contribution < -0.4 is 20.7 Å². The number of anilines is 1. The third kappa shape index (κ3) is 7.90. The number of methoxy groups -OCH3 is 1. The minimum Gasteiger partial charge on any atom is -0.495 e. The van der Waals surface area contributed by atoms with Crippen molar-refractivity contribution in [1.82, 2.24) is 10.6 Å². The van der Waals surface area contributed by atoms with Gasteiger partial charge in [0.25, 0.3) is 0 Å². The van der Waals surface area contributed by atoms with Crippen LogP contribution in [-0.2, 0) is 4.74 Å². The van der Waals surface area contributed by atoms with Gasteiger partial charge >= 0.3 is 6.09 Å². The summed E-state index contributed by atoms with van der Waals surface area (Å²) in [6, 6.07) is 5.19. The molecule has 8 heteroatoms. The Hall–Kier alpha value is -1.73. The number of rotatable bonds is 5. The zero-order chi connectivity index (χ0) is 17.5. The molecule has 0 aliphatic carbocycles. The van der Waals surface area contributed by atoms with Crippen molar-refractivity contribution in [3.8, 4) is 5.75 Å². The first-order chi connectivity index (χ1) is 10.7. The monoisotopic (exact) mass is 359 g/mol. The minimum absolute atomic E-state index is 0.378. The number of nitrogens with one attached hydrogen (secondary N) is 3. The van der Waals surface area contributed by atoms with Crippen molar-refractivity contribution in [2.75, 3.05) is 25.5 Å². The molecule has 1 amide bonds. The lowest BCUT2D eigenvalue weighted by atomic mass is 10.2. The summed E-state index contributed by atoms with van der Waals surface area (Å²) in [6.07, 6.45) is -0.463. The molecule has 0 atom stereocenters. The number of thiocarbonyl (C=S) groups is 1. The van der Waals surface area contributed by atoms with Crippen LogP contribution in [0.3, 0.4) is 0 Å². The fraction of sp³-hybridized carbons (Fsp3) is 0.467. The average Bonchev–Trinajstić information content (AvgIpc) is 2.42. The highest BCUT2D eigenvalue weighted by Crippen LogP contribution is 2.27. The predicted octanol–water partition coefficient (Wildman–Crippen LogP) is 3.16. The Morgan fingerprint density at radius 3 is 2.52 bits per heavy atom. The smallest absolute Gasteiger partial charge is 0.407 e. The summed E-state index contributed by atoms with van der Waals surface area (Å²) in [5.41, 5.74) is 0.148. The molecule has 0 bridgehead atoms. The van der Waals surface area contributed by atoms with Gasteiger partial charge in [0.15, 0.2) is 5.11 Å². The topological polar surface area (TPSA) is 71.6 Å². The maximum absolute atomic E-state index is 11.5. The van der Waals surface area contributed by atoms with Crippen LogP contribution in [0.4, 0.5) is 10.5 Å². The zero-order valence-corrected chi connectivity index (χ0v) is 15.2. The normalized spacial score (nSPS) is 10.7. The standard InChI is InChI=1S/C15H22ClN3O3S/c1-15(2,3)22-14(20)18-8-7-17-13(23)19-11-9-10(16)5-6-12(11)21-4/h5-6,9H,7-8H2,1-4H3,(H,18,20)(H2,17,19,23). The molecule has 0 aliphatic rings. The average molecular weight is 360 g/mol. The number of carbonyl (C=O) groups is 1. The molecule has 0 aliphatic heterocycles. The number of benzene rings is 1. The molecular weight excluding hydrogens is 338 g/mol. The molecule has 0 saturated carbocycles. The molecular formula is C15H22ClN3O3S. The van der Waals surface area contributed by atoms with E-state index in [1.807, 2.05) is 20.8 Å². The van der Waals surface area contributed by atoms with E-state index in [-0.39, 0.29) is 0 Å². The Kier molecular flexibility index (Phi) is 7.38. The van der Waals surface area contributed by atoms with Crippen molar-refractivity contribution in [1.29, 1.82) is 0 Å². The lowest BCUT2D eigenvalue weighted by Gasteiger charge is -2.20. The second kappa shape index (κ2) is 8.79. The summed E-state index contributed by atoms with van der Waals surface area (Å²) >= 11 is 11.1. The fourth-order valence-corrected chi connectivity index (χ4v) is 1.98. The maximum atomic E-state index is 11.5. The predicted molar refractivity (Wildman–Crippen MR) is 96.5 cm³/mol. The molecule has 3 N–H and O–H groups in total. The van der Waals surface area contributed by atoms with Crippen LogP contribution >= 0.6 is 23.8 Å². The first kappa shape index (κ1) is 19.3. The second-order valence-electron chi connectivity index (χ2n) is 5.65. The third-order valence-corrected chi connectivity index (χ3v) is 2.97. The molecule has 0 spiro atoms. The van der Waals surface area contributed by atoms with Crippen molar-refractivity contribution >= 4 is 40.7 Å². The SMILES string of the molecule is COc1ccc(Cl)cc1NC(=S)NCCNC(=O)OC(C)(C)C. The first-order valence-corrected chi connectivity index (χ1v) is 7.85. The molecule has 128 valence electrons. The molecule has 0 heterocycles. The summed E-state index contributed by atoms with van der Waals surface area (Å²) in [5, 5.41) is 9.57. The highest BCUT2D eigenvalue weighted by Gasteiger charge is 2.15. The highest BCUT2D eigenvalue weighted by molar-refractivity contribution is 7.80. The Balaban J connectivity index is 2.35. The molecule has 1 rings (SSSR count). The van der Waals surface area contributed by atoms with Crippen LogP contribution in [0.15, 0.2) is 18.2 Å². The number of amides is 1. The van der Waals surface area contributed by atoms with Gasteiger partial charge in [-0.25, -0.2) is 4.79 Å². The summed E-state index contributed by atoms with van der Waals surface area (Å²) in [5.74, 6) is 0.630. The minimum atomic E-state index is -0.516. The van der Waals surface area contributed by atoms with Gasteiger partial charge in [0, 0.05) is 18.1 Å². The van der Waals surface area contributed by atoms with E-state index in [4.69, 9.17) is 33.3 Å². The first-order valence-electron chi connectivity index (χ1n) is 7.06.